The van der Waals surface area contributed by atoms with Crippen LogP contribution in [0, 0.1) is 11.3 Å². The summed E-state index contributed by atoms with van der Waals surface area (Å²) < 4.78 is 0. The average molecular weight is 244 g/mol. The van der Waals surface area contributed by atoms with E-state index in [1.807, 2.05) is 0 Å². The lowest BCUT2D eigenvalue weighted by molar-refractivity contribution is 0.193. The normalized spacial score (nSPS) is 18.4. The Hall–Kier alpha value is -1.60. The monoisotopic (exact) mass is 244 g/mol. The fraction of sp³-hybridized carbons (Fsp3) is 0.571. The second kappa shape index (κ2) is 5.83. The summed E-state index contributed by atoms with van der Waals surface area (Å²) in [7, 11) is 0. The Kier molecular flexibility index (Phi) is 4.16. The first-order valence-corrected chi connectivity index (χ1v) is 6.59. The Morgan fingerprint density at radius 1 is 1.39 bits per heavy atom. The van der Waals surface area contributed by atoms with Crippen LogP contribution in [-0.2, 0) is 0 Å². The molecule has 0 radical (unpaired) electrons. The minimum Gasteiger partial charge on any atom is -0.367 e. The highest BCUT2D eigenvalue weighted by atomic mass is 15.3. The average Bonchev–Trinajstić information content (AvgIpc) is 2.46. The van der Waals surface area contributed by atoms with E-state index in [4.69, 9.17) is 5.26 Å². The predicted molar refractivity (Wildman–Crippen MR) is 72.5 cm³/mol. The highest BCUT2D eigenvalue weighted by Gasteiger charge is 2.21. The van der Waals surface area contributed by atoms with Crippen molar-refractivity contribution in [3.63, 3.8) is 0 Å². The van der Waals surface area contributed by atoms with E-state index in [2.05, 4.69) is 34.7 Å². The van der Waals surface area contributed by atoms with E-state index < -0.39 is 0 Å². The fourth-order valence-electron chi connectivity index (χ4n) is 2.39. The molecule has 1 aromatic heterocycles. The molecule has 1 atom stereocenters. The topological polar surface area (TPSA) is 43.2 Å². The van der Waals surface area contributed by atoms with E-state index in [9.17, 15) is 0 Å². The Bertz CT molecular complexity index is 430. The third-order valence-electron chi connectivity index (χ3n) is 3.79. The summed E-state index contributed by atoms with van der Waals surface area (Å²) in [6.45, 7) is 8.59. The van der Waals surface area contributed by atoms with Gasteiger partial charge in [0.1, 0.15) is 6.07 Å². The van der Waals surface area contributed by atoms with E-state index in [1.54, 1.807) is 18.5 Å². The molecule has 4 nitrogen and oxygen atoms in total. The number of anilines is 1. The molecule has 0 aliphatic carbocycles. The maximum absolute atomic E-state index is 9.11. The maximum Gasteiger partial charge on any atom is 0.101 e. The molecule has 0 N–H and O–H groups in total. The van der Waals surface area contributed by atoms with Gasteiger partial charge in [-0.2, -0.15) is 5.26 Å². The SMILES string of the molecule is CCC(C)N1CCN(c2cnccc2C#N)CC1. The molecule has 2 heterocycles. The zero-order chi connectivity index (χ0) is 13.0. The molecular weight excluding hydrogens is 224 g/mol. The van der Waals surface area contributed by atoms with Crippen LogP contribution in [0.3, 0.4) is 0 Å². The quantitative estimate of drug-likeness (QED) is 0.814. The lowest BCUT2D eigenvalue weighted by atomic mass is 10.1. The van der Waals surface area contributed by atoms with Crippen molar-refractivity contribution in [2.75, 3.05) is 31.1 Å². The highest BCUT2D eigenvalue weighted by Crippen LogP contribution is 2.20. The van der Waals surface area contributed by atoms with Crippen LogP contribution in [0.4, 0.5) is 5.69 Å². The lowest BCUT2D eigenvalue weighted by Gasteiger charge is -2.39. The lowest BCUT2D eigenvalue weighted by Crippen LogP contribution is -2.49. The highest BCUT2D eigenvalue weighted by molar-refractivity contribution is 5.57. The summed E-state index contributed by atoms with van der Waals surface area (Å²) in [5.41, 5.74) is 1.70. The molecule has 1 unspecified atom stereocenters. The molecule has 0 aromatic carbocycles. The first-order valence-electron chi connectivity index (χ1n) is 6.59. The van der Waals surface area contributed by atoms with Crippen molar-refractivity contribution in [2.45, 2.75) is 26.3 Å². The first kappa shape index (κ1) is 12.8. The van der Waals surface area contributed by atoms with Gasteiger partial charge in [0.25, 0.3) is 0 Å². The second-order valence-electron chi connectivity index (χ2n) is 4.78. The van der Waals surface area contributed by atoms with Crippen LogP contribution < -0.4 is 4.90 Å². The van der Waals surface area contributed by atoms with Crippen LogP contribution in [0.25, 0.3) is 0 Å². The Morgan fingerprint density at radius 2 is 2.11 bits per heavy atom. The summed E-state index contributed by atoms with van der Waals surface area (Å²) in [5.74, 6) is 0. The van der Waals surface area contributed by atoms with Crippen molar-refractivity contribution in [1.29, 1.82) is 5.26 Å². The van der Waals surface area contributed by atoms with Crippen LogP contribution in [0.15, 0.2) is 18.5 Å². The molecule has 0 amide bonds. The summed E-state index contributed by atoms with van der Waals surface area (Å²) in [5, 5.41) is 9.11. The van der Waals surface area contributed by atoms with Crippen LogP contribution in [0.5, 0.6) is 0 Å². The molecule has 1 fully saturated rings. The third-order valence-corrected chi connectivity index (χ3v) is 3.79. The zero-order valence-corrected chi connectivity index (χ0v) is 11.1. The van der Waals surface area contributed by atoms with Crippen molar-refractivity contribution in [1.82, 2.24) is 9.88 Å². The molecule has 0 spiro atoms. The number of hydrogen-bond donors (Lipinski definition) is 0. The number of rotatable bonds is 3. The van der Waals surface area contributed by atoms with Gasteiger partial charge in [0, 0.05) is 38.4 Å². The Morgan fingerprint density at radius 3 is 2.72 bits per heavy atom. The van der Waals surface area contributed by atoms with Gasteiger partial charge in [0.2, 0.25) is 0 Å². The Labute approximate surface area is 109 Å². The van der Waals surface area contributed by atoms with Crippen molar-refractivity contribution < 1.29 is 0 Å². The number of piperazine rings is 1. The van der Waals surface area contributed by atoms with Crippen LogP contribution in [0.1, 0.15) is 25.8 Å². The van der Waals surface area contributed by atoms with Crippen molar-refractivity contribution in [2.24, 2.45) is 0 Å². The zero-order valence-electron chi connectivity index (χ0n) is 11.1. The summed E-state index contributed by atoms with van der Waals surface area (Å²) in [4.78, 5) is 8.91. The van der Waals surface area contributed by atoms with Gasteiger partial charge in [0.05, 0.1) is 17.4 Å². The minimum absolute atomic E-state index is 0.650. The maximum atomic E-state index is 9.11. The van der Waals surface area contributed by atoms with Gasteiger partial charge >= 0.3 is 0 Å². The molecule has 1 aliphatic rings. The minimum atomic E-state index is 0.650. The molecule has 0 bridgehead atoms. The number of pyridine rings is 1. The molecule has 0 saturated carbocycles. The van der Waals surface area contributed by atoms with E-state index in [0.717, 1.165) is 37.4 Å². The fourth-order valence-corrected chi connectivity index (χ4v) is 2.39. The first-order chi connectivity index (χ1) is 8.76. The molecule has 1 saturated heterocycles. The Balaban J connectivity index is 2.04. The second-order valence-corrected chi connectivity index (χ2v) is 4.78. The van der Waals surface area contributed by atoms with E-state index >= 15 is 0 Å². The standard InChI is InChI=1S/C14H20N4/c1-3-12(2)17-6-8-18(9-7-17)14-11-16-5-4-13(14)10-15/h4-5,11-12H,3,6-9H2,1-2H3. The summed E-state index contributed by atoms with van der Waals surface area (Å²) in [6.07, 6.45) is 4.67. The van der Waals surface area contributed by atoms with Crippen molar-refractivity contribution in [3.8, 4) is 6.07 Å². The predicted octanol–water partition coefficient (Wildman–Crippen LogP) is 1.87. The van der Waals surface area contributed by atoms with Gasteiger partial charge in [-0.1, -0.05) is 6.92 Å². The van der Waals surface area contributed by atoms with E-state index in [1.165, 1.54) is 6.42 Å². The summed E-state index contributed by atoms with van der Waals surface area (Å²) >= 11 is 0. The molecule has 4 heteroatoms. The number of nitrogens with zero attached hydrogens (tertiary/aromatic N) is 4. The van der Waals surface area contributed by atoms with Gasteiger partial charge < -0.3 is 4.90 Å². The van der Waals surface area contributed by atoms with Gasteiger partial charge in [-0.3, -0.25) is 9.88 Å². The largest absolute Gasteiger partial charge is 0.367 e. The van der Waals surface area contributed by atoms with Crippen LogP contribution >= 0.6 is 0 Å². The number of nitriles is 1. The summed E-state index contributed by atoms with van der Waals surface area (Å²) in [6, 6.07) is 4.68. The molecule has 18 heavy (non-hydrogen) atoms. The number of aromatic nitrogens is 1. The molecule has 2 rings (SSSR count). The van der Waals surface area contributed by atoms with Gasteiger partial charge in [-0.05, 0) is 19.4 Å². The van der Waals surface area contributed by atoms with Gasteiger partial charge in [-0.15, -0.1) is 0 Å². The van der Waals surface area contributed by atoms with Gasteiger partial charge in [0.15, 0.2) is 0 Å². The number of hydrogen-bond acceptors (Lipinski definition) is 4. The van der Waals surface area contributed by atoms with Crippen LogP contribution in [0.2, 0.25) is 0 Å². The van der Waals surface area contributed by atoms with Crippen LogP contribution in [-0.4, -0.2) is 42.1 Å². The molecule has 1 aromatic rings. The third kappa shape index (κ3) is 2.62. The van der Waals surface area contributed by atoms with Crippen molar-refractivity contribution >= 4 is 5.69 Å². The molecular formula is C14H20N4. The van der Waals surface area contributed by atoms with E-state index in [0.29, 0.717) is 6.04 Å². The smallest absolute Gasteiger partial charge is 0.101 e. The van der Waals surface area contributed by atoms with Gasteiger partial charge in [-0.25, -0.2) is 0 Å². The van der Waals surface area contributed by atoms with Crippen molar-refractivity contribution in [3.05, 3.63) is 24.0 Å². The van der Waals surface area contributed by atoms with E-state index in [-0.39, 0.29) is 0 Å². The molecule has 96 valence electrons. The molecule has 1 aliphatic heterocycles.